The molecule has 0 spiro atoms. The maximum atomic E-state index is 12.8. The Hall–Kier alpha value is -2.88. The average Bonchev–Trinajstić information content (AvgIpc) is 3.05. The molecule has 2 aromatic carbocycles. The third kappa shape index (κ3) is 2.71. The van der Waals surface area contributed by atoms with Crippen LogP contribution in [-0.2, 0) is 13.0 Å². The van der Waals surface area contributed by atoms with Crippen molar-refractivity contribution in [3.8, 4) is 11.1 Å². The smallest absolute Gasteiger partial charge is 0.257 e. The predicted molar refractivity (Wildman–Crippen MR) is 95.0 cm³/mol. The van der Waals surface area contributed by atoms with Crippen LogP contribution in [0.3, 0.4) is 0 Å². The lowest BCUT2D eigenvalue weighted by molar-refractivity contribution is 0.102. The van der Waals surface area contributed by atoms with Gasteiger partial charge >= 0.3 is 0 Å². The highest BCUT2D eigenvalue weighted by molar-refractivity contribution is 6.08. The van der Waals surface area contributed by atoms with E-state index >= 15 is 0 Å². The fraction of sp³-hybridized carbons (Fsp3) is 0.200. The fourth-order valence-corrected chi connectivity index (χ4v) is 3.25. The van der Waals surface area contributed by atoms with Crippen LogP contribution in [0.2, 0.25) is 0 Å². The van der Waals surface area contributed by atoms with Gasteiger partial charge in [0, 0.05) is 18.5 Å². The van der Waals surface area contributed by atoms with E-state index in [2.05, 4.69) is 14.9 Å². The molecule has 24 heavy (non-hydrogen) atoms. The second kappa shape index (κ2) is 6.32. The summed E-state index contributed by atoms with van der Waals surface area (Å²) >= 11 is 0. The lowest BCUT2D eigenvalue weighted by Gasteiger charge is -2.17. The number of hydrogen-bond donors (Lipinski definition) is 1. The van der Waals surface area contributed by atoms with Gasteiger partial charge in [0.15, 0.2) is 0 Å². The van der Waals surface area contributed by atoms with E-state index < -0.39 is 0 Å². The number of fused-ring (bicyclic) bond motifs is 1. The van der Waals surface area contributed by atoms with E-state index in [1.807, 2.05) is 54.6 Å². The van der Waals surface area contributed by atoms with Crippen molar-refractivity contribution in [1.29, 1.82) is 0 Å². The number of aryl methyl sites for hydroxylation is 1. The molecule has 0 aliphatic carbocycles. The molecule has 4 nitrogen and oxygen atoms in total. The highest BCUT2D eigenvalue weighted by Crippen LogP contribution is 2.25. The molecule has 0 radical (unpaired) electrons. The van der Waals surface area contributed by atoms with Crippen LogP contribution in [0.15, 0.2) is 60.8 Å². The SMILES string of the molecule is O=C(Nc1cnc2n1CCCC2)c1ccccc1-c1ccccc1. The number of nitrogens with zero attached hydrogens (tertiary/aromatic N) is 2. The van der Waals surface area contributed by atoms with E-state index in [1.54, 1.807) is 6.20 Å². The molecular weight excluding hydrogens is 298 g/mol. The highest BCUT2D eigenvalue weighted by Gasteiger charge is 2.18. The van der Waals surface area contributed by atoms with Crippen molar-refractivity contribution < 1.29 is 4.79 Å². The molecule has 0 bridgehead atoms. The zero-order valence-electron chi connectivity index (χ0n) is 13.4. The molecular formula is C20H19N3O. The van der Waals surface area contributed by atoms with Crippen molar-refractivity contribution in [3.63, 3.8) is 0 Å². The van der Waals surface area contributed by atoms with Crippen LogP contribution < -0.4 is 5.32 Å². The molecule has 120 valence electrons. The summed E-state index contributed by atoms with van der Waals surface area (Å²) in [6.07, 6.45) is 5.05. The largest absolute Gasteiger partial charge is 0.315 e. The Bertz CT molecular complexity index is 868. The Morgan fingerprint density at radius 3 is 2.67 bits per heavy atom. The van der Waals surface area contributed by atoms with E-state index in [-0.39, 0.29) is 5.91 Å². The number of amides is 1. The summed E-state index contributed by atoms with van der Waals surface area (Å²) in [5.41, 5.74) is 2.66. The van der Waals surface area contributed by atoms with Gasteiger partial charge in [-0.05, 0) is 30.0 Å². The van der Waals surface area contributed by atoms with Crippen molar-refractivity contribution in [2.24, 2.45) is 0 Å². The molecule has 0 fully saturated rings. The number of imidazole rings is 1. The van der Waals surface area contributed by atoms with Gasteiger partial charge in [-0.25, -0.2) is 4.98 Å². The molecule has 2 heterocycles. The molecule has 0 unspecified atom stereocenters. The van der Waals surface area contributed by atoms with E-state index in [0.29, 0.717) is 5.56 Å². The Balaban J connectivity index is 1.65. The van der Waals surface area contributed by atoms with E-state index in [0.717, 1.165) is 42.2 Å². The number of nitrogens with one attached hydrogen (secondary N) is 1. The quantitative estimate of drug-likeness (QED) is 0.789. The van der Waals surface area contributed by atoms with Gasteiger partial charge in [0.1, 0.15) is 11.6 Å². The monoisotopic (exact) mass is 317 g/mol. The maximum Gasteiger partial charge on any atom is 0.257 e. The number of carbonyl (C=O) groups is 1. The summed E-state index contributed by atoms with van der Waals surface area (Å²) in [7, 11) is 0. The van der Waals surface area contributed by atoms with Crippen LogP contribution in [0, 0.1) is 0 Å². The number of anilines is 1. The molecule has 4 rings (SSSR count). The van der Waals surface area contributed by atoms with Crippen LogP contribution in [0.25, 0.3) is 11.1 Å². The summed E-state index contributed by atoms with van der Waals surface area (Å²) in [6, 6.07) is 17.7. The topological polar surface area (TPSA) is 46.9 Å². The van der Waals surface area contributed by atoms with Gasteiger partial charge < -0.3 is 9.88 Å². The first kappa shape index (κ1) is 14.7. The summed E-state index contributed by atoms with van der Waals surface area (Å²) in [5.74, 6) is 1.76. The van der Waals surface area contributed by atoms with Gasteiger partial charge in [0.05, 0.1) is 6.20 Å². The molecule has 1 aromatic heterocycles. The maximum absolute atomic E-state index is 12.8. The van der Waals surface area contributed by atoms with E-state index in [9.17, 15) is 4.79 Å². The third-order valence-electron chi connectivity index (χ3n) is 4.47. The first-order valence-electron chi connectivity index (χ1n) is 8.33. The number of aromatic nitrogens is 2. The van der Waals surface area contributed by atoms with Crippen molar-refractivity contribution >= 4 is 11.7 Å². The standard InChI is InChI=1S/C20H19N3O/c24-20(22-19-14-21-18-12-6-7-13-23(18)19)17-11-5-4-10-16(17)15-8-2-1-3-9-15/h1-5,8-11,14H,6-7,12-13H2,(H,22,24). The van der Waals surface area contributed by atoms with Gasteiger partial charge in [0.2, 0.25) is 0 Å². The van der Waals surface area contributed by atoms with Crippen molar-refractivity contribution in [3.05, 3.63) is 72.2 Å². The Morgan fingerprint density at radius 2 is 1.79 bits per heavy atom. The van der Waals surface area contributed by atoms with Crippen LogP contribution in [-0.4, -0.2) is 15.5 Å². The molecule has 0 atom stereocenters. The molecule has 1 aliphatic rings. The molecule has 0 saturated heterocycles. The normalized spacial score (nSPS) is 13.3. The molecule has 4 heteroatoms. The van der Waals surface area contributed by atoms with Gasteiger partial charge in [0.25, 0.3) is 5.91 Å². The zero-order chi connectivity index (χ0) is 16.4. The van der Waals surface area contributed by atoms with Gasteiger partial charge in [-0.3, -0.25) is 4.79 Å². The third-order valence-corrected chi connectivity index (χ3v) is 4.47. The average molecular weight is 317 g/mol. The van der Waals surface area contributed by atoms with Crippen LogP contribution in [0.4, 0.5) is 5.82 Å². The van der Waals surface area contributed by atoms with Crippen LogP contribution >= 0.6 is 0 Å². The van der Waals surface area contributed by atoms with Crippen molar-refractivity contribution in [2.75, 3.05) is 5.32 Å². The second-order valence-electron chi connectivity index (χ2n) is 6.03. The molecule has 0 saturated carbocycles. The predicted octanol–water partition coefficient (Wildman–Crippen LogP) is 4.14. The number of hydrogen-bond acceptors (Lipinski definition) is 2. The van der Waals surface area contributed by atoms with Gasteiger partial charge in [-0.1, -0.05) is 48.5 Å². The molecule has 1 N–H and O–H groups in total. The van der Waals surface area contributed by atoms with Gasteiger partial charge in [-0.15, -0.1) is 0 Å². The lowest BCUT2D eigenvalue weighted by Crippen LogP contribution is -2.18. The van der Waals surface area contributed by atoms with E-state index in [4.69, 9.17) is 0 Å². The minimum Gasteiger partial charge on any atom is -0.315 e. The minimum absolute atomic E-state index is 0.0947. The fourth-order valence-electron chi connectivity index (χ4n) is 3.25. The summed E-state index contributed by atoms with van der Waals surface area (Å²) in [6.45, 7) is 0.922. The Morgan fingerprint density at radius 1 is 1.00 bits per heavy atom. The molecule has 1 amide bonds. The summed E-state index contributed by atoms with van der Waals surface area (Å²) in [5, 5.41) is 3.04. The Labute approximate surface area is 141 Å². The number of benzene rings is 2. The van der Waals surface area contributed by atoms with Crippen molar-refractivity contribution in [2.45, 2.75) is 25.8 Å². The Kier molecular flexibility index (Phi) is 3.87. The summed E-state index contributed by atoms with van der Waals surface area (Å²) < 4.78 is 2.12. The van der Waals surface area contributed by atoms with Crippen molar-refractivity contribution in [1.82, 2.24) is 9.55 Å². The number of carbonyl (C=O) groups excluding carboxylic acids is 1. The summed E-state index contributed by atoms with van der Waals surface area (Å²) in [4.78, 5) is 17.3. The van der Waals surface area contributed by atoms with E-state index in [1.165, 1.54) is 6.42 Å². The molecule has 1 aliphatic heterocycles. The highest BCUT2D eigenvalue weighted by atomic mass is 16.1. The first-order valence-corrected chi connectivity index (χ1v) is 8.33. The zero-order valence-corrected chi connectivity index (χ0v) is 13.4. The minimum atomic E-state index is -0.0947. The van der Waals surface area contributed by atoms with Crippen LogP contribution in [0.1, 0.15) is 29.0 Å². The number of rotatable bonds is 3. The first-order chi connectivity index (χ1) is 11.8. The lowest BCUT2D eigenvalue weighted by atomic mass is 9.99. The molecule has 3 aromatic rings. The second-order valence-corrected chi connectivity index (χ2v) is 6.03. The van der Waals surface area contributed by atoms with Crippen LogP contribution in [0.5, 0.6) is 0 Å². The van der Waals surface area contributed by atoms with Gasteiger partial charge in [-0.2, -0.15) is 0 Å².